The molecule has 1 aliphatic rings. The molecule has 1 saturated heterocycles. The molecule has 0 bridgehead atoms. The van der Waals surface area contributed by atoms with Crippen molar-refractivity contribution in [2.45, 2.75) is 30.2 Å². The molecule has 1 aliphatic heterocycles. The second-order valence-electron chi connectivity index (χ2n) is 7.10. The number of benzene rings is 2. The highest BCUT2D eigenvalue weighted by atomic mass is 32.2. The van der Waals surface area contributed by atoms with Crippen molar-refractivity contribution in [3.05, 3.63) is 59.7 Å². The fraction of sp³-hybridized carbons (Fsp3) is 0.364. The number of amides is 2. The monoisotopic (exact) mass is 414 g/mol. The van der Waals surface area contributed by atoms with Crippen molar-refractivity contribution in [3.8, 4) is 5.75 Å². The van der Waals surface area contributed by atoms with Gasteiger partial charge in [-0.3, -0.25) is 13.8 Å². The number of methoxy groups -OCH3 is 1. The van der Waals surface area contributed by atoms with Gasteiger partial charge < -0.3 is 15.0 Å². The van der Waals surface area contributed by atoms with Crippen LogP contribution in [0.5, 0.6) is 5.75 Å². The second kappa shape index (κ2) is 9.69. The van der Waals surface area contributed by atoms with Gasteiger partial charge in [0.1, 0.15) is 5.75 Å². The molecule has 7 heteroatoms. The highest BCUT2D eigenvalue weighted by molar-refractivity contribution is 7.84. The van der Waals surface area contributed by atoms with E-state index in [9.17, 15) is 13.8 Å². The van der Waals surface area contributed by atoms with Crippen molar-refractivity contribution >= 4 is 22.6 Å². The van der Waals surface area contributed by atoms with Crippen LogP contribution >= 0.6 is 0 Å². The molecule has 0 radical (unpaired) electrons. The zero-order chi connectivity index (χ0) is 20.8. The molecule has 3 rings (SSSR count). The van der Waals surface area contributed by atoms with E-state index in [1.165, 1.54) is 0 Å². The molecule has 2 aromatic carbocycles. The molecule has 154 valence electrons. The molecule has 1 unspecified atom stereocenters. The number of rotatable bonds is 6. The van der Waals surface area contributed by atoms with Crippen LogP contribution in [0.1, 0.15) is 28.8 Å². The van der Waals surface area contributed by atoms with Gasteiger partial charge in [0.05, 0.1) is 13.5 Å². The van der Waals surface area contributed by atoms with Gasteiger partial charge in [0.25, 0.3) is 5.91 Å². The summed E-state index contributed by atoms with van der Waals surface area (Å²) in [6, 6.07) is 14.4. The van der Waals surface area contributed by atoms with Crippen LogP contribution in [-0.2, 0) is 22.0 Å². The average Bonchev–Trinajstić information content (AvgIpc) is 2.74. The molecule has 0 aromatic heterocycles. The molecule has 6 nitrogen and oxygen atoms in total. The van der Waals surface area contributed by atoms with E-state index in [1.807, 2.05) is 29.2 Å². The minimum absolute atomic E-state index is 0.0396. The number of carbonyl (C=O) groups is 2. The molecular weight excluding hydrogens is 388 g/mol. The van der Waals surface area contributed by atoms with E-state index in [0.29, 0.717) is 30.0 Å². The van der Waals surface area contributed by atoms with Gasteiger partial charge in [-0.05, 0) is 43.2 Å². The van der Waals surface area contributed by atoms with Gasteiger partial charge in [-0.15, -0.1) is 0 Å². The van der Waals surface area contributed by atoms with E-state index in [4.69, 9.17) is 4.74 Å². The Bertz CT molecular complexity index is 890. The van der Waals surface area contributed by atoms with Crippen LogP contribution in [0.15, 0.2) is 53.4 Å². The van der Waals surface area contributed by atoms with Crippen LogP contribution in [0.3, 0.4) is 0 Å². The molecule has 29 heavy (non-hydrogen) atoms. The van der Waals surface area contributed by atoms with Gasteiger partial charge in [0.2, 0.25) is 5.91 Å². The fourth-order valence-corrected chi connectivity index (χ4v) is 3.98. The lowest BCUT2D eigenvalue weighted by Crippen LogP contribution is -2.47. The standard InChI is InChI=1S/C22H26N2O4S/c1-28-20-6-4-3-5-17(20)15-21(25)24-13-11-18(12-14-24)23-22(26)16-7-9-19(10-8-16)29(2)27/h3-10,18H,11-15H2,1-2H3,(H,23,26). The molecule has 2 aromatic rings. The van der Waals surface area contributed by atoms with Crippen LogP contribution in [0.2, 0.25) is 0 Å². The zero-order valence-corrected chi connectivity index (χ0v) is 17.5. The minimum atomic E-state index is -1.06. The second-order valence-corrected chi connectivity index (χ2v) is 8.48. The Morgan fingerprint density at radius 1 is 1.10 bits per heavy atom. The number of likely N-dealkylation sites (tertiary alicyclic amines) is 1. The Balaban J connectivity index is 1.50. The quantitative estimate of drug-likeness (QED) is 0.788. The summed E-state index contributed by atoms with van der Waals surface area (Å²) in [6.07, 6.45) is 3.37. The van der Waals surface area contributed by atoms with Crippen LogP contribution in [0.25, 0.3) is 0 Å². The third-order valence-electron chi connectivity index (χ3n) is 5.17. The molecule has 1 heterocycles. The van der Waals surface area contributed by atoms with Gasteiger partial charge in [0, 0.05) is 52.2 Å². The molecule has 1 fully saturated rings. The summed E-state index contributed by atoms with van der Waals surface area (Å²) in [7, 11) is 0.544. The molecule has 1 N–H and O–H groups in total. The summed E-state index contributed by atoms with van der Waals surface area (Å²) >= 11 is 0. The average molecular weight is 415 g/mol. The Morgan fingerprint density at radius 3 is 2.38 bits per heavy atom. The zero-order valence-electron chi connectivity index (χ0n) is 16.7. The molecule has 2 amide bonds. The Morgan fingerprint density at radius 2 is 1.76 bits per heavy atom. The largest absolute Gasteiger partial charge is 0.496 e. The number of hydrogen-bond acceptors (Lipinski definition) is 4. The summed E-state index contributed by atoms with van der Waals surface area (Å²) in [4.78, 5) is 27.6. The predicted molar refractivity (Wildman–Crippen MR) is 113 cm³/mol. The first-order valence-electron chi connectivity index (χ1n) is 9.62. The van der Waals surface area contributed by atoms with Crippen LogP contribution in [0, 0.1) is 0 Å². The number of carbonyl (C=O) groups excluding carboxylic acids is 2. The number of nitrogens with one attached hydrogen (secondary N) is 1. The van der Waals surface area contributed by atoms with Crippen molar-refractivity contribution < 1.29 is 18.5 Å². The van der Waals surface area contributed by atoms with Crippen molar-refractivity contribution in [1.29, 1.82) is 0 Å². The van der Waals surface area contributed by atoms with Gasteiger partial charge in [-0.25, -0.2) is 0 Å². The third kappa shape index (κ3) is 5.44. The van der Waals surface area contributed by atoms with E-state index in [2.05, 4.69) is 5.32 Å². The lowest BCUT2D eigenvalue weighted by Gasteiger charge is -2.32. The Kier molecular flexibility index (Phi) is 7.04. The van der Waals surface area contributed by atoms with E-state index < -0.39 is 10.8 Å². The highest BCUT2D eigenvalue weighted by Gasteiger charge is 2.24. The summed E-state index contributed by atoms with van der Waals surface area (Å²) in [5.41, 5.74) is 1.43. The lowest BCUT2D eigenvalue weighted by atomic mass is 10.0. The first-order valence-corrected chi connectivity index (χ1v) is 11.2. The maximum atomic E-state index is 12.6. The van der Waals surface area contributed by atoms with Crippen LogP contribution < -0.4 is 10.1 Å². The number of hydrogen-bond donors (Lipinski definition) is 1. The summed E-state index contributed by atoms with van der Waals surface area (Å²) in [5, 5.41) is 3.04. The smallest absolute Gasteiger partial charge is 0.251 e. The fourth-order valence-electron chi connectivity index (χ4n) is 3.46. The summed E-state index contributed by atoms with van der Waals surface area (Å²) in [6.45, 7) is 1.24. The molecule has 1 atom stereocenters. The van der Waals surface area contributed by atoms with E-state index in [0.717, 1.165) is 24.2 Å². The first-order chi connectivity index (χ1) is 14.0. The molecule has 0 spiro atoms. The minimum Gasteiger partial charge on any atom is -0.496 e. The maximum absolute atomic E-state index is 12.6. The maximum Gasteiger partial charge on any atom is 0.251 e. The molecule has 0 aliphatic carbocycles. The van der Waals surface area contributed by atoms with Gasteiger partial charge in [-0.1, -0.05) is 18.2 Å². The van der Waals surface area contributed by atoms with Crippen LogP contribution in [-0.4, -0.2) is 53.4 Å². The molecule has 0 saturated carbocycles. The summed E-state index contributed by atoms with van der Waals surface area (Å²) < 4.78 is 16.8. The van der Waals surface area contributed by atoms with Gasteiger partial charge in [-0.2, -0.15) is 0 Å². The van der Waals surface area contributed by atoms with Crippen molar-refractivity contribution in [2.75, 3.05) is 26.5 Å². The number of para-hydroxylation sites is 1. The van der Waals surface area contributed by atoms with Crippen LogP contribution in [0.4, 0.5) is 0 Å². The Hall–Kier alpha value is -2.67. The Labute approximate surface area is 173 Å². The van der Waals surface area contributed by atoms with E-state index >= 15 is 0 Å². The third-order valence-corrected chi connectivity index (χ3v) is 6.10. The number of nitrogens with zero attached hydrogens (tertiary/aromatic N) is 1. The van der Waals surface area contributed by atoms with E-state index in [1.54, 1.807) is 37.6 Å². The molecular formula is C22H26N2O4S. The number of ether oxygens (including phenoxy) is 1. The topological polar surface area (TPSA) is 75.7 Å². The van der Waals surface area contributed by atoms with Crippen molar-refractivity contribution in [1.82, 2.24) is 10.2 Å². The lowest BCUT2D eigenvalue weighted by molar-refractivity contribution is -0.131. The SMILES string of the molecule is COc1ccccc1CC(=O)N1CCC(NC(=O)c2ccc(S(C)=O)cc2)CC1. The normalized spacial score (nSPS) is 15.6. The van der Waals surface area contributed by atoms with E-state index in [-0.39, 0.29) is 17.9 Å². The van der Waals surface area contributed by atoms with Crippen molar-refractivity contribution in [3.63, 3.8) is 0 Å². The van der Waals surface area contributed by atoms with Crippen molar-refractivity contribution in [2.24, 2.45) is 0 Å². The first kappa shape index (κ1) is 21.0. The predicted octanol–water partition coefficient (Wildman–Crippen LogP) is 2.40. The van der Waals surface area contributed by atoms with Gasteiger partial charge in [0.15, 0.2) is 0 Å². The highest BCUT2D eigenvalue weighted by Crippen LogP contribution is 2.20. The number of piperidine rings is 1. The summed E-state index contributed by atoms with van der Waals surface area (Å²) in [5.74, 6) is 0.653. The van der Waals surface area contributed by atoms with Gasteiger partial charge >= 0.3 is 0 Å².